The third-order valence-corrected chi connectivity index (χ3v) is 6.25. The van der Waals surface area contributed by atoms with Crippen LogP contribution in [0, 0.1) is 6.92 Å². The third-order valence-electron chi connectivity index (χ3n) is 6.25. The molecule has 1 N–H and O–H groups in total. The van der Waals surface area contributed by atoms with Crippen LogP contribution in [-0.2, 0) is 11.2 Å². The number of hydrogen-bond acceptors (Lipinski definition) is 6. The lowest BCUT2D eigenvalue weighted by Gasteiger charge is -2.24. The predicted octanol–water partition coefficient (Wildman–Crippen LogP) is 3.71. The number of carbonyl (C=O) groups is 1. The standard InChI is InChI=1S/C26H23N7O2/c1-17-25-21(19-7-9-20(10-8-19)35-14-13-18-5-3-2-4-6-18)15-24(34)28-26(25)33(30-17)23-12-11-22-29-27-16-32(22)31-23/h2-12,16,21H,13-15H2,1H3,(H,28,34)/t21-/m0/s1. The van der Waals surface area contributed by atoms with Crippen LogP contribution in [0.5, 0.6) is 5.75 Å². The Morgan fingerprint density at radius 2 is 1.86 bits per heavy atom. The summed E-state index contributed by atoms with van der Waals surface area (Å²) in [5.41, 5.74) is 4.77. The van der Waals surface area contributed by atoms with E-state index in [1.807, 2.05) is 61.5 Å². The van der Waals surface area contributed by atoms with Crippen LogP contribution in [0.3, 0.4) is 0 Å². The highest BCUT2D eigenvalue weighted by Gasteiger charge is 2.33. The van der Waals surface area contributed by atoms with E-state index in [1.54, 1.807) is 9.20 Å². The molecule has 0 saturated carbocycles. The van der Waals surface area contributed by atoms with Gasteiger partial charge in [-0.2, -0.15) is 14.3 Å². The van der Waals surface area contributed by atoms with Gasteiger partial charge in [0.1, 0.15) is 17.9 Å². The Labute approximate surface area is 201 Å². The van der Waals surface area contributed by atoms with E-state index in [9.17, 15) is 4.79 Å². The quantitative estimate of drug-likeness (QED) is 0.410. The van der Waals surface area contributed by atoms with E-state index in [-0.39, 0.29) is 11.8 Å². The number of aromatic nitrogens is 6. The minimum Gasteiger partial charge on any atom is -0.493 e. The zero-order valence-corrected chi connectivity index (χ0v) is 19.1. The van der Waals surface area contributed by atoms with Crippen LogP contribution in [0.2, 0.25) is 0 Å². The lowest BCUT2D eigenvalue weighted by atomic mass is 9.86. The molecule has 1 amide bonds. The lowest BCUT2D eigenvalue weighted by molar-refractivity contribution is -0.116. The van der Waals surface area contributed by atoms with Crippen molar-refractivity contribution in [1.29, 1.82) is 0 Å². The molecule has 6 rings (SSSR count). The van der Waals surface area contributed by atoms with Crippen molar-refractivity contribution < 1.29 is 9.53 Å². The van der Waals surface area contributed by atoms with Gasteiger partial charge in [-0.25, -0.2) is 0 Å². The molecule has 5 aromatic rings. The highest BCUT2D eigenvalue weighted by molar-refractivity contribution is 5.95. The monoisotopic (exact) mass is 465 g/mol. The van der Waals surface area contributed by atoms with Gasteiger partial charge in [-0.15, -0.1) is 15.3 Å². The number of benzene rings is 2. The van der Waals surface area contributed by atoms with E-state index in [4.69, 9.17) is 9.84 Å². The molecule has 2 aromatic carbocycles. The van der Waals surface area contributed by atoms with E-state index >= 15 is 0 Å². The summed E-state index contributed by atoms with van der Waals surface area (Å²) in [7, 11) is 0. The van der Waals surface area contributed by atoms with Gasteiger partial charge in [0.15, 0.2) is 11.5 Å². The first-order valence-corrected chi connectivity index (χ1v) is 11.5. The van der Waals surface area contributed by atoms with Gasteiger partial charge in [0.05, 0.1) is 12.3 Å². The molecule has 174 valence electrons. The summed E-state index contributed by atoms with van der Waals surface area (Å²) < 4.78 is 9.20. The molecule has 0 aliphatic carbocycles. The largest absolute Gasteiger partial charge is 0.493 e. The van der Waals surface area contributed by atoms with Crippen molar-refractivity contribution in [3.63, 3.8) is 0 Å². The molecular formula is C26H23N7O2. The second kappa shape index (κ2) is 8.68. The summed E-state index contributed by atoms with van der Waals surface area (Å²) in [5.74, 6) is 1.86. The van der Waals surface area contributed by atoms with Crippen LogP contribution in [0.25, 0.3) is 11.5 Å². The Balaban J connectivity index is 1.26. The van der Waals surface area contributed by atoms with Crippen molar-refractivity contribution in [3.05, 3.63) is 95.4 Å². The third kappa shape index (κ3) is 4.01. The van der Waals surface area contributed by atoms with Gasteiger partial charge in [-0.1, -0.05) is 42.5 Å². The summed E-state index contributed by atoms with van der Waals surface area (Å²) in [4.78, 5) is 12.7. The van der Waals surface area contributed by atoms with E-state index in [2.05, 4.69) is 32.7 Å². The van der Waals surface area contributed by atoms with Crippen molar-refractivity contribution in [3.8, 4) is 11.6 Å². The van der Waals surface area contributed by atoms with Crippen LogP contribution >= 0.6 is 0 Å². The van der Waals surface area contributed by atoms with Crippen molar-refractivity contribution in [2.24, 2.45) is 0 Å². The average molecular weight is 466 g/mol. The SMILES string of the molecule is Cc1nn(-c2ccc3nncn3n2)c2c1[C@H](c1ccc(OCCc3ccccc3)cc1)CC(=O)N2. The predicted molar refractivity (Wildman–Crippen MR) is 130 cm³/mol. The lowest BCUT2D eigenvalue weighted by Crippen LogP contribution is -2.25. The second-order valence-corrected chi connectivity index (χ2v) is 8.54. The minimum absolute atomic E-state index is 0.0581. The first kappa shape index (κ1) is 21.0. The smallest absolute Gasteiger partial charge is 0.226 e. The Morgan fingerprint density at radius 1 is 1.03 bits per heavy atom. The van der Waals surface area contributed by atoms with Crippen molar-refractivity contribution in [2.75, 3.05) is 11.9 Å². The fraction of sp³-hybridized carbons (Fsp3) is 0.192. The number of nitrogens with one attached hydrogen (secondary N) is 1. The number of carbonyl (C=O) groups excluding carboxylic acids is 1. The maximum Gasteiger partial charge on any atom is 0.226 e. The van der Waals surface area contributed by atoms with Crippen molar-refractivity contribution in [2.45, 2.75) is 25.7 Å². The van der Waals surface area contributed by atoms with Crippen molar-refractivity contribution >= 4 is 17.4 Å². The summed E-state index contributed by atoms with van der Waals surface area (Å²) in [6.07, 6.45) is 2.74. The number of amides is 1. The number of hydrogen-bond donors (Lipinski definition) is 1. The van der Waals surface area contributed by atoms with Gasteiger partial charge in [-0.05, 0) is 42.3 Å². The normalized spacial score (nSPS) is 15.1. The zero-order valence-electron chi connectivity index (χ0n) is 19.1. The van der Waals surface area contributed by atoms with Crippen LogP contribution in [-0.4, -0.2) is 42.1 Å². The van der Waals surface area contributed by atoms with Crippen LogP contribution in [0.1, 0.15) is 34.7 Å². The van der Waals surface area contributed by atoms with Gasteiger partial charge in [0.25, 0.3) is 0 Å². The summed E-state index contributed by atoms with van der Waals surface area (Å²) in [6, 6.07) is 21.9. The molecule has 9 nitrogen and oxygen atoms in total. The molecule has 1 aliphatic rings. The molecular weight excluding hydrogens is 442 g/mol. The molecule has 0 fully saturated rings. The molecule has 35 heavy (non-hydrogen) atoms. The van der Waals surface area contributed by atoms with Crippen molar-refractivity contribution in [1.82, 2.24) is 29.6 Å². The molecule has 1 aliphatic heterocycles. The van der Waals surface area contributed by atoms with Gasteiger partial charge >= 0.3 is 0 Å². The Kier molecular flexibility index (Phi) is 5.21. The number of fused-ring (bicyclic) bond motifs is 2. The van der Waals surface area contributed by atoms with Gasteiger partial charge in [-0.3, -0.25) is 4.79 Å². The van der Waals surface area contributed by atoms with E-state index in [0.717, 1.165) is 29.0 Å². The molecule has 0 spiro atoms. The summed E-state index contributed by atoms with van der Waals surface area (Å²) in [5, 5.41) is 20.1. The van der Waals surface area contributed by atoms with E-state index in [0.29, 0.717) is 30.3 Å². The fourth-order valence-corrected chi connectivity index (χ4v) is 4.56. The first-order chi connectivity index (χ1) is 17.2. The van der Waals surface area contributed by atoms with E-state index in [1.165, 1.54) is 11.9 Å². The highest BCUT2D eigenvalue weighted by Crippen LogP contribution is 2.40. The van der Waals surface area contributed by atoms with Crippen LogP contribution in [0.4, 0.5) is 5.82 Å². The number of nitrogens with zero attached hydrogens (tertiary/aromatic N) is 6. The highest BCUT2D eigenvalue weighted by atomic mass is 16.5. The van der Waals surface area contributed by atoms with Gasteiger partial charge in [0.2, 0.25) is 5.91 Å². The molecule has 3 aromatic heterocycles. The number of ether oxygens (including phenoxy) is 1. The van der Waals surface area contributed by atoms with Crippen LogP contribution < -0.4 is 10.1 Å². The summed E-state index contributed by atoms with van der Waals surface area (Å²) in [6.45, 7) is 2.56. The molecule has 9 heteroatoms. The topological polar surface area (TPSA) is 99.2 Å². The summed E-state index contributed by atoms with van der Waals surface area (Å²) >= 11 is 0. The maximum atomic E-state index is 12.7. The molecule has 4 heterocycles. The number of aryl methyl sites for hydroxylation is 1. The molecule has 0 unspecified atom stereocenters. The molecule has 0 bridgehead atoms. The Morgan fingerprint density at radius 3 is 2.69 bits per heavy atom. The molecule has 0 saturated heterocycles. The number of anilines is 1. The molecule has 0 radical (unpaired) electrons. The van der Waals surface area contributed by atoms with Crippen LogP contribution in [0.15, 0.2) is 73.1 Å². The second-order valence-electron chi connectivity index (χ2n) is 8.54. The average Bonchev–Trinajstić information content (AvgIpc) is 3.48. The Bertz CT molecular complexity index is 1510. The first-order valence-electron chi connectivity index (χ1n) is 11.5. The zero-order chi connectivity index (χ0) is 23.8. The van der Waals surface area contributed by atoms with Gasteiger partial charge in [0, 0.05) is 24.3 Å². The Hall–Kier alpha value is -4.53. The molecule has 1 atom stereocenters. The van der Waals surface area contributed by atoms with Gasteiger partial charge < -0.3 is 10.1 Å². The number of rotatable bonds is 6. The fourth-order valence-electron chi connectivity index (χ4n) is 4.56. The minimum atomic E-state index is -0.107. The maximum absolute atomic E-state index is 12.7. The van der Waals surface area contributed by atoms with E-state index < -0.39 is 0 Å².